The van der Waals surface area contributed by atoms with E-state index >= 15 is 0 Å². The number of benzene rings is 2. The topological polar surface area (TPSA) is 121 Å². The van der Waals surface area contributed by atoms with Crippen molar-refractivity contribution in [3.63, 3.8) is 0 Å². The number of nitrogens with zero attached hydrogens (tertiary/aromatic N) is 2. The van der Waals surface area contributed by atoms with Crippen molar-refractivity contribution < 1.29 is 19.1 Å². The smallest absolute Gasteiger partial charge is 0.250 e. The molecule has 0 aliphatic carbocycles. The van der Waals surface area contributed by atoms with Crippen LogP contribution >= 0.6 is 0 Å². The third-order valence-electron chi connectivity index (χ3n) is 5.24. The molecule has 158 valence electrons. The van der Waals surface area contributed by atoms with Crippen LogP contribution in [0.4, 0.5) is 11.4 Å². The van der Waals surface area contributed by atoms with E-state index in [0.29, 0.717) is 41.6 Å². The first-order valence-corrected chi connectivity index (χ1v) is 9.71. The molecule has 2 amide bonds. The van der Waals surface area contributed by atoms with Crippen LogP contribution in [0.1, 0.15) is 28.3 Å². The molecule has 0 bridgehead atoms. The van der Waals surface area contributed by atoms with Gasteiger partial charge in [-0.05, 0) is 35.9 Å². The molecular weight excluding hydrogens is 396 g/mol. The Kier molecular flexibility index (Phi) is 5.44. The summed E-state index contributed by atoms with van der Waals surface area (Å²) in [6, 6.07) is 14.4. The van der Waals surface area contributed by atoms with Crippen molar-refractivity contribution in [3.8, 4) is 17.2 Å². The summed E-state index contributed by atoms with van der Waals surface area (Å²) in [5.74, 6) is 0.893. The molecule has 0 unspecified atom stereocenters. The quantitative estimate of drug-likeness (QED) is 0.594. The van der Waals surface area contributed by atoms with E-state index in [9.17, 15) is 9.59 Å². The second-order valence-corrected chi connectivity index (χ2v) is 7.25. The van der Waals surface area contributed by atoms with Gasteiger partial charge in [-0.15, -0.1) is 0 Å². The first kappa shape index (κ1) is 20.2. The third-order valence-corrected chi connectivity index (χ3v) is 5.24. The lowest BCUT2D eigenvalue weighted by Gasteiger charge is -2.18. The summed E-state index contributed by atoms with van der Waals surface area (Å²) in [4.78, 5) is 29.8. The molecule has 1 saturated heterocycles. The molecule has 0 radical (unpaired) electrons. The van der Waals surface area contributed by atoms with Crippen molar-refractivity contribution in [1.29, 1.82) is 0 Å². The van der Waals surface area contributed by atoms with E-state index in [2.05, 4.69) is 4.98 Å². The molecule has 4 rings (SSSR count). The van der Waals surface area contributed by atoms with Crippen LogP contribution in [0.25, 0.3) is 0 Å². The Morgan fingerprint density at radius 2 is 1.90 bits per heavy atom. The van der Waals surface area contributed by atoms with Crippen LogP contribution in [0.15, 0.2) is 60.9 Å². The molecule has 4 N–H and O–H groups in total. The van der Waals surface area contributed by atoms with E-state index in [4.69, 9.17) is 20.9 Å². The van der Waals surface area contributed by atoms with Gasteiger partial charge in [0.05, 0.1) is 30.2 Å². The van der Waals surface area contributed by atoms with E-state index < -0.39 is 5.91 Å². The largest absolute Gasteiger partial charge is 0.493 e. The first-order chi connectivity index (χ1) is 15.0. The fraction of sp³-hybridized carbons (Fsp3) is 0.174. The Balaban J connectivity index is 1.60. The number of nitrogen functional groups attached to an aromatic ring is 1. The second-order valence-electron chi connectivity index (χ2n) is 7.25. The highest BCUT2D eigenvalue weighted by atomic mass is 16.5. The zero-order valence-corrected chi connectivity index (χ0v) is 16.9. The van der Waals surface area contributed by atoms with Crippen molar-refractivity contribution in [2.45, 2.75) is 12.3 Å². The predicted octanol–water partition coefficient (Wildman–Crippen LogP) is 3.08. The number of ether oxygens (including phenoxy) is 2. The lowest BCUT2D eigenvalue weighted by Crippen LogP contribution is -2.25. The fourth-order valence-electron chi connectivity index (χ4n) is 3.61. The van der Waals surface area contributed by atoms with Gasteiger partial charge in [-0.25, -0.2) is 0 Å². The van der Waals surface area contributed by atoms with Gasteiger partial charge in [0.1, 0.15) is 0 Å². The molecule has 1 fully saturated rings. The van der Waals surface area contributed by atoms with Crippen LogP contribution in [-0.2, 0) is 4.79 Å². The number of methoxy groups -OCH3 is 1. The maximum absolute atomic E-state index is 12.7. The van der Waals surface area contributed by atoms with Crippen LogP contribution in [-0.4, -0.2) is 30.5 Å². The minimum Gasteiger partial charge on any atom is -0.493 e. The van der Waals surface area contributed by atoms with Crippen molar-refractivity contribution in [3.05, 3.63) is 72.1 Å². The number of pyridine rings is 1. The normalized spacial score (nSPS) is 15.7. The molecule has 0 spiro atoms. The minimum atomic E-state index is -0.588. The SMILES string of the molecule is COc1ccc([C@H]2CC(=O)N(c3cncc(C(N)=O)c3)C2)cc1Oc1ccccc1N. The van der Waals surface area contributed by atoms with Crippen LogP contribution < -0.4 is 25.8 Å². The minimum absolute atomic E-state index is 0.0565. The van der Waals surface area contributed by atoms with Crippen LogP contribution in [0.5, 0.6) is 17.2 Å². The Bertz CT molecular complexity index is 1150. The summed E-state index contributed by atoms with van der Waals surface area (Å²) in [5.41, 5.74) is 13.6. The van der Waals surface area contributed by atoms with Crippen LogP contribution in [0.2, 0.25) is 0 Å². The van der Waals surface area contributed by atoms with Crippen LogP contribution in [0, 0.1) is 0 Å². The molecule has 2 heterocycles. The lowest BCUT2D eigenvalue weighted by molar-refractivity contribution is -0.117. The molecule has 3 aromatic rings. The van der Waals surface area contributed by atoms with Gasteiger partial charge < -0.3 is 25.8 Å². The van der Waals surface area contributed by atoms with Gasteiger partial charge in [0.15, 0.2) is 17.2 Å². The number of rotatable bonds is 6. The Labute approximate surface area is 179 Å². The monoisotopic (exact) mass is 418 g/mol. The summed E-state index contributed by atoms with van der Waals surface area (Å²) in [6.07, 6.45) is 3.25. The number of anilines is 2. The summed E-state index contributed by atoms with van der Waals surface area (Å²) in [6.45, 7) is 0.446. The highest BCUT2D eigenvalue weighted by Crippen LogP contribution is 2.39. The van der Waals surface area contributed by atoms with Crippen molar-refractivity contribution in [2.24, 2.45) is 5.73 Å². The Morgan fingerprint density at radius 3 is 2.65 bits per heavy atom. The second kappa shape index (κ2) is 8.35. The first-order valence-electron chi connectivity index (χ1n) is 9.71. The Hall–Kier alpha value is -4.07. The predicted molar refractivity (Wildman–Crippen MR) is 116 cm³/mol. The number of nitrogens with two attached hydrogens (primary N) is 2. The Morgan fingerprint density at radius 1 is 1.10 bits per heavy atom. The zero-order valence-electron chi connectivity index (χ0n) is 16.9. The maximum Gasteiger partial charge on any atom is 0.250 e. The molecule has 2 aromatic carbocycles. The number of primary amides is 1. The maximum atomic E-state index is 12.7. The zero-order chi connectivity index (χ0) is 22.0. The van der Waals surface area contributed by atoms with E-state index in [1.54, 1.807) is 36.4 Å². The molecular formula is C23H22N4O4. The molecule has 8 nitrogen and oxygen atoms in total. The number of aromatic nitrogens is 1. The van der Waals surface area contributed by atoms with Gasteiger partial charge in [-0.2, -0.15) is 0 Å². The average Bonchev–Trinajstić information content (AvgIpc) is 3.17. The molecule has 1 aromatic heterocycles. The fourth-order valence-corrected chi connectivity index (χ4v) is 3.61. The molecule has 8 heteroatoms. The highest BCUT2D eigenvalue weighted by Gasteiger charge is 2.32. The van der Waals surface area contributed by atoms with Gasteiger partial charge in [0, 0.05) is 25.1 Å². The molecule has 31 heavy (non-hydrogen) atoms. The van der Waals surface area contributed by atoms with E-state index in [-0.39, 0.29) is 17.4 Å². The third kappa shape index (κ3) is 4.13. The lowest BCUT2D eigenvalue weighted by atomic mass is 9.98. The number of hydrogen-bond donors (Lipinski definition) is 2. The highest BCUT2D eigenvalue weighted by molar-refractivity contribution is 5.98. The number of carbonyl (C=O) groups excluding carboxylic acids is 2. The van der Waals surface area contributed by atoms with Gasteiger partial charge >= 0.3 is 0 Å². The van der Waals surface area contributed by atoms with Gasteiger partial charge in [-0.1, -0.05) is 18.2 Å². The van der Waals surface area contributed by atoms with E-state index in [0.717, 1.165) is 5.56 Å². The van der Waals surface area contributed by atoms with Crippen molar-refractivity contribution >= 4 is 23.2 Å². The summed E-state index contributed by atoms with van der Waals surface area (Å²) >= 11 is 0. The van der Waals surface area contributed by atoms with E-state index in [1.165, 1.54) is 6.20 Å². The molecule has 1 aliphatic rings. The number of carbonyl (C=O) groups is 2. The van der Waals surface area contributed by atoms with Gasteiger partial charge in [0.25, 0.3) is 0 Å². The summed E-state index contributed by atoms with van der Waals surface area (Å²) in [7, 11) is 1.57. The van der Waals surface area contributed by atoms with E-state index in [1.807, 2.05) is 30.3 Å². The van der Waals surface area contributed by atoms with Crippen molar-refractivity contribution in [2.75, 3.05) is 24.3 Å². The molecule has 0 saturated carbocycles. The average molecular weight is 418 g/mol. The molecule has 1 atom stereocenters. The van der Waals surface area contributed by atoms with Crippen molar-refractivity contribution in [1.82, 2.24) is 4.98 Å². The van der Waals surface area contributed by atoms with Gasteiger partial charge in [-0.3, -0.25) is 14.6 Å². The number of para-hydroxylation sites is 2. The molecule has 1 aliphatic heterocycles. The standard InChI is InChI=1S/C23H22N4O4/c1-30-20-7-6-14(9-21(20)31-19-5-3-2-4-18(19)24)16-10-22(28)27(13-16)17-8-15(23(25)29)11-26-12-17/h2-9,11-12,16H,10,13,24H2,1H3,(H2,25,29)/t16-/m0/s1. The van der Waals surface area contributed by atoms with Crippen LogP contribution in [0.3, 0.4) is 0 Å². The number of hydrogen-bond acceptors (Lipinski definition) is 6. The summed E-state index contributed by atoms with van der Waals surface area (Å²) in [5, 5.41) is 0. The van der Waals surface area contributed by atoms with Gasteiger partial charge in [0.2, 0.25) is 11.8 Å². The number of amides is 2. The summed E-state index contributed by atoms with van der Waals surface area (Å²) < 4.78 is 11.4.